The summed E-state index contributed by atoms with van der Waals surface area (Å²) in [6, 6.07) is 2.93. The maximum absolute atomic E-state index is 13.6. The number of hydrogen-bond acceptors (Lipinski definition) is 6. The smallest absolute Gasteiger partial charge is 0.316 e. The Kier molecular flexibility index (Phi) is 6.36. The van der Waals surface area contributed by atoms with E-state index in [1.165, 1.54) is 4.90 Å². The number of aryl methyl sites for hydroxylation is 2. The molecule has 3 amide bonds. The standard InChI is InChI=1S/C24H31FN6O4S/c1-16-9-17(5-8-26-16)13-30-21-4-3-19(36(34,35)28-24(15-25)6-7-24)10-20(21)22(32)31(23(30)33)14-18-11-27-29(2)12-18/h5,8-9,11-12,19-21,28H,3-4,6-7,10,13-15H2,1-2H3. The zero-order valence-electron chi connectivity index (χ0n) is 20.4. The molecule has 3 aliphatic rings. The van der Waals surface area contributed by atoms with Crippen LogP contribution in [0.5, 0.6) is 0 Å². The topological polar surface area (TPSA) is 118 Å². The van der Waals surface area contributed by atoms with Crippen LogP contribution in [0.4, 0.5) is 9.18 Å². The van der Waals surface area contributed by atoms with Crippen molar-refractivity contribution in [3.8, 4) is 0 Å². The van der Waals surface area contributed by atoms with Gasteiger partial charge >= 0.3 is 6.03 Å². The number of nitrogens with one attached hydrogen (secondary N) is 1. The number of carbonyl (C=O) groups is 2. The Bertz CT molecular complexity index is 1280. The van der Waals surface area contributed by atoms with Crippen LogP contribution >= 0.6 is 0 Å². The van der Waals surface area contributed by atoms with Crippen LogP contribution in [0.2, 0.25) is 0 Å². The zero-order valence-corrected chi connectivity index (χ0v) is 21.2. The van der Waals surface area contributed by atoms with Gasteiger partial charge in [0, 0.05) is 43.3 Å². The van der Waals surface area contributed by atoms with Crippen LogP contribution < -0.4 is 4.72 Å². The van der Waals surface area contributed by atoms with Gasteiger partial charge in [-0.15, -0.1) is 0 Å². The number of hydrogen-bond donors (Lipinski definition) is 1. The van der Waals surface area contributed by atoms with Crippen LogP contribution in [0.3, 0.4) is 0 Å². The second-order valence-electron chi connectivity index (χ2n) is 10.3. The average molecular weight is 519 g/mol. The normalized spacial score (nSPS) is 25.7. The fraction of sp³-hybridized carbons (Fsp3) is 0.583. The molecule has 3 fully saturated rings. The maximum Gasteiger partial charge on any atom is 0.327 e. The van der Waals surface area contributed by atoms with E-state index in [9.17, 15) is 22.4 Å². The van der Waals surface area contributed by atoms with Crippen molar-refractivity contribution in [3.05, 3.63) is 47.5 Å². The number of urea groups is 1. The van der Waals surface area contributed by atoms with E-state index in [-0.39, 0.29) is 18.9 Å². The highest BCUT2D eigenvalue weighted by Gasteiger charge is 2.53. The highest BCUT2D eigenvalue weighted by molar-refractivity contribution is 7.90. The third-order valence-electron chi connectivity index (χ3n) is 7.55. The number of carbonyl (C=O) groups excluding carboxylic acids is 2. The Morgan fingerprint density at radius 3 is 2.61 bits per heavy atom. The second-order valence-corrected chi connectivity index (χ2v) is 12.3. The molecule has 3 heterocycles. The Balaban J connectivity index is 1.43. The Morgan fingerprint density at radius 2 is 1.97 bits per heavy atom. The van der Waals surface area contributed by atoms with Crippen LogP contribution in [0.15, 0.2) is 30.7 Å². The van der Waals surface area contributed by atoms with Crippen LogP contribution in [0.1, 0.15) is 48.9 Å². The molecule has 10 nitrogen and oxygen atoms in total. The maximum atomic E-state index is 13.6. The van der Waals surface area contributed by atoms with Crippen molar-refractivity contribution in [2.24, 2.45) is 13.0 Å². The number of nitrogens with zero attached hydrogens (tertiary/aromatic N) is 5. The first-order valence-corrected chi connectivity index (χ1v) is 13.8. The summed E-state index contributed by atoms with van der Waals surface area (Å²) in [6.45, 7) is 1.48. The number of amides is 3. The van der Waals surface area contributed by atoms with Gasteiger partial charge < -0.3 is 4.90 Å². The molecule has 194 valence electrons. The van der Waals surface area contributed by atoms with E-state index in [4.69, 9.17) is 0 Å². The van der Waals surface area contributed by atoms with E-state index in [2.05, 4.69) is 14.8 Å². The van der Waals surface area contributed by atoms with E-state index in [1.807, 2.05) is 19.1 Å². The zero-order chi connectivity index (χ0) is 25.7. The average Bonchev–Trinajstić information content (AvgIpc) is 3.49. The minimum atomic E-state index is -3.82. The van der Waals surface area contributed by atoms with E-state index in [0.717, 1.165) is 11.3 Å². The summed E-state index contributed by atoms with van der Waals surface area (Å²) < 4.78 is 43.8. The van der Waals surface area contributed by atoms with Crippen LogP contribution in [-0.4, -0.2) is 68.4 Å². The van der Waals surface area contributed by atoms with Gasteiger partial charge in [-0.1, -0.05) is 0 Å². The van der Waals surface area contributed by atoms with Crippen molar-refractivity contribution in [1.29, 1.82) is 0 Å². The first kappa shape index (κ1) is 24.8. The van der Waals surface area contributed by atoms with Gasteiger partial charge in [-0.2, -0.15) is 5.10 Å². The van der Waals surface area contributed by atoms with Gasteiger partial charge in [0.25, 0.3) is 0 Å². The van der Waals surface area contributed by atoms with Crippen molar-refractivity contribution in [2.75, 3.05) is 6.67 Å². The molecule has 2 aromatic heterocycles. The molecule has 12 heteroatoms. The highest BCUT2D eigenvalue weighted by atomic mass is 32.2. The number of fused-ring (bicyclic) bond motifs is 1. The van der Waals surface area contributed by atoms with Crippen LogP contribution in [0.25, 0.3) is 0 Å². The van der Waals surface area contributed by atoms with Crippen molar-refractivity contribution >= 4 is 22.0 Å². The summed E-state index contributed by atoms with van der Waals surface area (Å²) in [5, 5.41) is 3.32. The summed E-state index contributed by atoms with van der Waals surface area (Å²) in [4.78, 5) is 34.4. The SMILES string of the molecule is Cc1cc(CN2C(=O)N(Cc3cnn(C)c3)C(=O)C3CC(S(=O)(=O)NC4(CF)CC4)CCC32)ccn1. The Hall–Kier alpha value is -2.86. The minimum Gasteiger partial charge on any atom is -0.316 e. The molecule has 2 aliphatic carbocycles. The lowest BCUT2D eigenvalue weighted by molar-refractivity contribution is -0.141. The van der Waals surface area contributed by atoms with Crippen molar-refractivity contribution < 1.29 is 22.4 Å². The predicted octanol–water partition coefficient (Wildman–Crippen LogP) is 2.05. The number of halogens is 1. The third-order valence-corrected chi connectivity index (χ3v) is 9.57. The molecule has 0 spiro atoms. The molecule has 0 bridgehead atoms. The summed E-state index contributed by atoms with van der Waals surface area (Å²) in [7, 11) is -2.06. The molecule has 36 heavy (non-hydrogen) atoms. The molecule has 3 atom stereocenters. The molecular weight excluding hydrogens is 487 g/mol. The van der Waals surface area contributed by atoms with Crippen molar-refractivity contribution in [3.63, 3.8) is 0 Å². The van der Waals surface area contributed by atoms with Gasteiger partial charge in [-0.3, -0.25) is 19.4 Å². The summed E-state index contributed by atoms with van der Waals surface area (Å²) >= 11 is 0. The third kappa shape index (κ3) is 4.75. The molecule has 0 aromatic carbocycles. The summed E-state index contributed by atoms with van der Waals surface area (Å²) in [5.41, 5.74) is 1.43. The number of alkyl halides is 1. The number of imide groups is 1. The highest BCUT2D eigenvalue weighted by Crippen LogP contribution is 2.41. The van der Waals surface area contributed by atoms with Crippen LogP contribution in [-0.2, 0) is 35.0 Å². The van der Waals surface area contributed by atoms with Crippen molar-refractivity contribution in [1.82, 2.24) is 29.3 Å². The van der Waals surface area contributed by atoms with Gasteiger partial charge in [-0.25, -0.2) is 22.3 Å². The van der Waals surface area contributed by atoms with Gasteiger partial charge in [0.05, 0.1) is 29.4 Å². The molecule has 1 aliphatic heterocycles. The first-order valence-electron chi connectivity index (χ1n) is 12.2. The lowest BCUT2D eigenvalue weighted by Crippen LogP contribution is -2.63. The van der Waals surface area contributed by atoms with Gasteiger partial charge in [-0.05, 0) is 56.7 Å². The Morgan fingerprint density at radius 1 is 1.19 bits per heavy atom. The molecule has 2 saturated carbocycles. The predicted molar refractivity (Wildman–Crippen MR) is 129 cm³/mol. The number of aromatic nitrogens is 3. The lowest BCUT2D eigenvalue weighted by atomic mass is 9.80. The number of pyridine rings is 1. The molecule has 0 radical (unpaired) electrons. The molecule has 3 unspecified atom stereocenters. The molecular formula is C24H31FN6O4S. The molecule has 1 N–H and O–H groups in total. The molecule has 1 saturated heterocycles. The van der Waals surface area contributed by atoms with E-state index >= 15 is 0 Å². The number of rotatable bonds is 8. The van der Waals surface area contributed by atoms with E-state index in [1.54, 1.807) is 35.2 Å². The van der Waals surface area contributed by atoms with Gasteiger partial charge in [0.1, 0.15) is 6.67 Å². The summed E-state index contributed by atoms with van der Waals surface area (Å²) in [6.07, 6.45) is 6.75. The molecule has 5 rings (SSSR count). The molecule has 2 aromatic rings. The van der Waals surface area contributed by atoms with E-state index < -0.39 is 45.5 Å². The second kappa shape index (κ2) is 9.22. The lowest BCUT2D eigenvalue weighted by Gasteiger charge is -2.48. The fourth-order valence-corrected chi connectivity index (χ4v) is 7.33. The van der Waals surface area contributed by atoms with Gasteiger partial charge in [0.15, 0.2) is 0 Å². The first-order chi connectivity index (χ1) is 17.1. The number of sulfonamides is 1. The van der Waals surface area contributed by atoms with Gasteiger partial charge in [0.2, 0.25) is 15.9 Å². The summed E-state index contributed by atoms with van der Waals surface area (Å²) in [5.74, 6) is -1.04. The quantitative estimate of drug-likeness (QED) is 0.572. The van der Waals surface area contributed by atoms with Crippen LogP contribution in [0, 0.1) is 12.8 Å². The van der Waals surface area contributed by atoms with Crippen molar-refractivity contribution in [2.45, 2.75) is 68.9 Å². The van der Waals surface area contributed by atoms with E-state index in [0.29, 0.717) is 37.8 Å². The monoisotopic (exact) mass is 518 g/mol. The Labute approximate surface area is 209 Å². The largest absolute Gasteiger partial charge is 0.327 e. The fourth-order valence-electron chi connectivity index (χ4n) is 5.39. The minimum absolute atomic E-state index is 0.0568.